The van der Waals surface area contributed by atoms with Crippen molar-refractivity contribution in [1.29, 1.82) is 0 Å². The van der Waals surface area contributed by atoms with Gasteiger partial charge in [-0.3, -0.25) is 9.59 Å². The summed E-state index contributed by atoms with van der Waals surface area (Å²) >= 11 is 0. The minimum Gasteiger partial charge on any atom is -0.338 e. The molecule has 1 heterocycles. The van der Waals surface area contributed by atoms with Crippen LogP contribution in [0.25, 0.3) is 0 Å². The number of rotatable bonds is 5. The van der Waals surface area contributed by atoms with Gasteiger partial charge in [-0.2, -0.15) is 0 Å². The van der Waals surface area contributed by atoms with Gasteiger partial charge in [-0.05, 0) is 30.5 Å². The molecule has 3 rings (SSSR count). The van der Waals surface area contributed by atoms with Gasteiger partial charge in [-0.15, -0.1) is 0 Å². The number of nitrogens with zero attached hydrogens (tertiary/aromatic N) is 2. The molecule has 1 aliphatic rings. The number of hydrogen-bond donors (Lipinski definition) is 0. The summed E-state index contributed by atoms with van der Waals surface area (Å²) < 4.78 is 0. The zero-order valence-corrected chi connectivity index (χ0v) is 14.8. The van der Waals surface area contributed by atoms with Gasteiger partial charge >= 0.3 is 0 Å². The van der Waals surface area contributed by atoms with Gasteiger partial charge in [0.15, 0.2) is 0 Å². The highest BCUT2D eigenvalue weighted by Gasteiger charge is 2.30. The molecule has 0 aromatic heterocycles. The van der Waals surface area contributed by atoms with Crippen molar-refractivity contribution in [3.05, 3.63) is 65.7 Å². The van der Waals surface area contributed by atoms with Crippen molar-refractivity contribution in [2.45, 2.75) is 39.3 Å². The van der Waals surface area contributed by atoms with Crippen LogP contribution in [0.5, 0.6) is 0 Å². The van der Waals surface area contributed by atoms with Gasteiger partial charge in [0.25, 0.3) is 0 Å². The van der Waals surface area contributed by atoms with E-state index in [-0.39, 0.29) is 17.9 Å². The Kier molecular flexibility index (Phi) is 5.17. The molecular formula is C21H24N2O2. The summed E-state index contributed by atoms with van der Waals surface area (Å²) in [6, 6.07) is 18.1. The van der Waals surface area contributed by atoms with E-state index < -0.39 is 0 Å². The molecule has 2 aromatic carbocycles. The summed E-state index contributed by atoms with van der Waals surface area (Å²) in [4.78, 5) is 28.4. The maximum atomic E-state index is 12.8. The van der Waals surface area contributed by atoms with E-state index in [9.17, 15) is 9.59 Å². The largest absolute Gasteiger partial charge is 0.338 e. The lowest BCUT2D eigenvalue weighted by molar-refractivity contribution is -0.130. The summed E-state index contributed by atoms with van der Waals surface area (Å²) in [6.45, 7) is 4.61. The topological polar surface area (TPSA) is 40.6 Å². The third-order valence-corrected chi connectivity index (χ3v) is 4.73. The molecule has 2 aromatic rings. The highest BCUT2D eigenvalue weighted by Crippen LogP contribution is 2.32. The van der Waals surface area contributed by atoms with Gasteiger partial charge in [0.05, 0.1) is 0 Å². The maximum Gasteiger partial charge on any atom is 0.229 e. The SMILES string of the molecule is CC(=O)N(CCC(=O)N1c2ccccc2CC1C)Cc1ccccc1. The van der Waals surface area contributed by atoms with E-state index in [0.29, 0.717) is 19.5 Å². The van der Waals surface area contributed by atoms with E-state index >= 15 is 0 Å². The molecule has 0 bridgehead atoms. The van der Waals surface area contributed by atoms with Crippen LogP contribution in [0.1, 0.15) is 31.4 Å². The average Bonchev–Trinajstić information content (AvgIpc) is 2.94. The van der Waals surface area contributed by atoms with Crippen LogP contribution in [0.3, 0.4) is 0 Å². The third kappa shape index (κ3) is 3.90. The number of carbonyl (C=O) groups is 2. The molecule has 1 unspecified atom stereocenters. The number of para-hydroxylation sites is 1. The van der Waals surface area contributed by atoms with Crippen LogP contribution in [-0.4, -0.2) is 29.3 Å². The predicted molar refractivity (Wildman–Crippen MR) is 99.2 cm³/mol. The lowest BCUT2D eigenvalue weighted by Crippen LogP contribution is -2.39. The lowest BCUT2D eigenvalue weighted by Gasteiger charge is -2.25. The fourth-order valence-electron chi connectivity index (χ4n) is 3.45. The molecule has 0 saturated heterocycles. The molecule has 0 fully saturated rings. The molecule has 1 aliphatic heterocycles. The summed E-state index contributed by atoms with van der Waals surface area (Å²) in [5.41, 5.74) is 3.30. The Bertz CT molecular complexity index is 758. The Labute approximate surface area is 149 Å². The number of anilines is 1. The molecule has 0 spiro atoms. The van der Waals surface area contributed by atoms with Gasteiger partial charge in [0.1, 0.15) is 0 Å². The monoisotopic (exact) mass is 336 g/mol. The van der Waals surface area contributed by atoms with Crippen LogP contribution in [0.4, 0.5) is 5.69 Å². The summed E-state index contributed by atoms with van der Waals surface area (Å²) in [5, 5.41) is 0. The fraction of sp³-hybridized carbons (Fsp3) is 0.333. The zero-order chi connectivity index (χ0) is 17.8. The van der Waals surface area contributed by atoms with Gasteiger partial charge < -0.3 is 9.80 Å². The van der Waals surface area contributed by atoms with Crippen LogP contribution in [0.15, 0.2) is 54.6 Å². The molecule has 4 heteroatoms. The molecule has 130 valence electrons. The van der Waals surface area contributed by atoms with Crippen molar-refractivity contribution in [3.63, 3.8) is 0 Å². The molecule has 0 N–H and O–H groups in total. The molecule has 1 atom stereocenters. The van der Waals surface area contributed by atoms with Crippen LogP contribution in [0, 0.1) is 0 Å². The normalized spacial score (nSPS) is 15.8. The number of amides is 2. The summed E-state index contributed by atoms with van der Waals surface area (Å²) in [7, 11) is 0. The number of carbonyl (C=O) groups excluding carboxylic acids is 2. The quantitative estimate of drug-likeness (QED) is 0.839. The Hall–Kier alpha value is -2.62. The molecule has 4 nitrogen and oxygen atoms in total. The van der Waals surface area contributed by atoms with Gasteiger partial charge in [0.2, 0.25) is 11.8 Å². The van der Waals surface area contributed by atoms with Crippen molar-refractivity contribution < 1.29 is 9.59 Å². The van der Waals surface area contributed by atoms with Crippen molar-refractivity contribution >= 4 is 17.5 Å². The Morgan fingerprint density at radius 3 is 2.48 bits per heavy atom. The molecule has 0 aliphatic carbocycles. The minimum absolute atomic E-state index is 0.00785. The fourth-order valence-corrected chi connectivity index (χ4v) is 3.45. The Morgan fingerprint density at radius 1 is 1.08 bits per heavy atom. The van der Waals surface area contributed by atoms with E-state index in [1.54, 1.807) is 11.8 Å². The minimum atomic E-state index is -0.00785. The van der Waals surface area contributed by atoms with Crippen LogP contribution in [-0.2, 0) is 22.6 Å². The van der Waals surface area contributed by atoms with E-state index in [4.69, 9.17) is 0 Å². The molecule has 0 radical (unpaired) electrons. The van der Waals surface area contributed by atoms with Crippen LogP contribution < -0.4 is 4.90 Å². The highest BCUT2D eigenvalue weighted by atomic mass is 16.2. The first-order valence-electron chi connectivity index (χ1n) is 8.75. The second kappa shape index (κ2) is 7.51. The predicted octanol–water partition coefficient (Wildman–Crippen LogP) is 3.40. The Morgan fingerprint density at radius 2 is 1.76 bits per heavy atom. The first-order valence-corrected chi connectivity index (χ1v) is 8.75. The van der Waals surface area contributed by atoms with E-state index in [1.165, 1.54) is 5.56 Å². The second-order valence-corrected chi connectivity index (χ2v) is 6.62. The van der Waals surface area contributed by atoms with Gasteiger partial charge in [0, 0.05) is 38.2 Å². The third-order valence-electron chi connectivity index (χ3n) is 4.73. The van der Waals surface area contributed by atoms with E-state index in [1.807, 2.05) is 53.4 Å². The van der Waals surface area contributed by atoms with Crippen molar-refractivity contribution in [2.24, 2.45) is 0 Å². The Balaban J connectivity index is 1.65. The van der Waals surface area contributed by atoms with Gasteiger partial charge in [-0.1, -0.05) is 48.5 Å². The van der Waals surface area contributed by atoms with E-state index in [2.05, 4.69) is 13.0 Å². The van der Waals surface area contributed by atoms with E-state index in [0.717, 1.165) is 17.7 Å². The smallest absolute Gasteiger partial charge is 0.229 e. The van der Waals surface area contributed by atoms with Gasteiger partial charge in [-0.25, -0.2) is 0 Å². The standard InChI is InChI=1S/C21H24N2O2/c1-16-14-19-10-6-7-11-20(19)23(16)21(25)12-13-22(17(2)24)15-18-8-4-3-5-9-18/h3-11,16H,12-15H2,1-2H3. The second-order valence-electron chi connectivity index (χ2n) is 6.62. The van der Waals surface area contributed by atoms with Crippen molar-refractivity contribution in [3.8, 4) is 0 Å². The number of benzene rings is 2. The first kappa shape index (κ1) is 17.2. The number of hydrogen-bond acceptors (Lipinski definition) is 2. The average molecular weight is 336 g/mol. The molecule has 25 heavy (non-hydrogen) atoms. The zero-order valence-electron chi connectivity index (χ0n) is 14.8. The first-order chi connectivity index (χ1) is 12.1. The highest BCUT2D eigenvalue weighted by molar-refractivity contribution is 5.96. The van der Waals surface area contributed by atoms with Crippen molar-refractivity contribution in [2.75, 3.05) is 11.4 Å². The summed E-state index contributed by atoms with van der Waals surface area (Å²) in [6.07, 6.45) is 1.23. The number of fused-ring (bicyclic) bond motifs is 1. The summed E-state index contributed by atoms with van der Waals surface area (Å²) in [5.74, 6) is 0.0725. The van der Waals surface area contributed by atoms with Crippen LogP contribution >= 0.6 is 0 Å². The maximum absolute atomic E-state index is 12.8. The van der Waals surface area contributed by atoms with Crippen LogP contribution in [0.2, 0.25) is 0 Å². The molecule has 2 amide bonds. The van der Waals surface area contributed by atoms with Crippen molar-refractivity contribution in [1.82, 2.24) is 4.90 Å². The lowest BCUT2D eigenvalue weighted by atomic mass is 10.1. The molecular weight excluding hydrogens is 312 g/mol. The molecule has 0 saturated carbocycles.